The van der Waals surface area contributed by atoms with Gasteiger partial charge in [-0.05, 0) is 38.3 Å². The summed E-state index contributed by atoms with van der Waals surface area (Å²) < 4.78 is 1.63. The van der Waals surface area contributed by atoms with Crippen LogP contribution in [-0.4, -0.2) is 54.8 Å². The summed E-state index contributed by atoms with van der Waals surface area (Å²) in [5, 5.41) is 19.0. The van der Waals surface area contributed by atoms with Crippen LogP contribution < -0.4 is 10.6 Å². The number of anilines is 3. The summed E-state index contributed by atoms with van der Waals surface area (Å²) in [5.41, 5.74) is 3.42. The van der Waals surface area contributed by atoms with Crippen LogP contribution in [0.25, 0.3) is 10.9 Å². The monoisotopic (exact) mass is 464 g/mol. The first-order valence-corrected chi connectivity index (χ1v) is 11.5. The fourth-order valence-electron chi connectivity index (χ4n) is 3.65. The summed E-state index contributed by atoms with van der Waals surface area (Å²) in [7, 11) is 1.84. The highest BCUT2D eigenvalue weighted by Crippen LogP contribution is 2.29. The van der Waals surface area contributed by atoms with Crippen molar-refractivity contribution in [2.24, 2.45) is 0 Å². The first kappa shape index (κ1) is 21.1. The number of likely N-dealkylation sites (N-methyl/N-ethyl adjacent to an activating group) is 1. The SMILES string of the molecule is Cc1cn(CC(=O)N(C)C2CC2)nc1Nc1ncc(C(=O)Nc2c(C)ccc3[nH]ncc23)s1. The van der Waals surface area contributed by atoms with Gasteiger partial charge in [0.25, 0.3) is 5.91 Å². The van der Waals surface area contributed by atoms with E-state index in [0.29, 0.717) is 21.9 Å². The standard InChI is InChI=1S/C22H24N8O2S/c1-12-4-7-16-15(8-24-27-16)19(12)25-21(32)17-9-23-22(33-17)26-20-13(2)10-30(28-20)11-18(31)29(3)14-5-6-14/h4,7-10,14H,5-6,11H2,1-3H3,(H,24,27)(H,25,32)(H,23,26,28). The van der Waals surface area contributed by atoms with Gasteiger partial charge in [0.05, 0.1) is 23.6 Å². The number of amides is 2. The molecule has 0 aliphatic heterocycles. The van der Waals surface area contributed by atoms with E-state index in [4.69, 9.17) is 0 Å². The lowest BCUT2D eigenvalue weighted by molar-refractivity contribution is -0.131. The van der Waals surface area contributed by atoms with Crippen molar-refractivity contribution in [2.45, 2.75) is 39.3 Å². The lowest BCUT2D eigenvalue weighted by Gasteiger charge is -2.15. The van der Waals surface area contributed by atoms with E-state index >= 15 is 0 Å². The summed E-state index contributed by atoms with van der Waals surface area (Å²) >= 11 is 1.24. The van der Waals surface area contributed by atoms with Gasteiger partial charge in [-0.25, -0.2) is 4.98 Å². The fraction of sp³-hybridized carbons (Fsp3) is 0.318. The third-order valence-electron chi connectivity index (χ3n) is 5.76. The molecular formula is C22H24N8O2S. The zero-order valence-corrected chi connectivity index (χ0v) is 19.4. The first-order chi connectivity index (χ1) is 15.9. The van der Waals surface area contributed by atoms with E-state index in [1.807, 2.05) is 39.2 Å². The van der Waals surface area contributed by atoms with Gasteiger partial charge in [-0.3, -0.25) is 19.4 Å². The molecular weight excluding hydrogens is 440 g/mol. The normalized spacial score (nSPS) is 13.3. The molecule has 0 atom stereocenters. The number of nitrogens with zero attached hydrogens (tertiary/aromatic N) is 5. The summed E-state index contributed by atoms with van der Waals surface area (Å²) in [5.74, 6) is 0.410. The highest BCUT2D eigenvalue weighted by molar-refractivity contribution is 7.17. The van der Waals surface area contributed by atoms with Crippen LogP contribution in [0.2, 0.25) is 0 Å². The van der Waals surface area contributed by atoms with Crippen molar-refractivity contribution in [1.29, 1.82) is 0 Å². The second kappa shape index (κ2) is 8.32. The van der Waals surface area contributed by atoms with E-state index in [9.17, 15) is 9.59 Å². The molecule has 0 bridgehead atoms. The number of hydrogen-bond acceptors (Lipinski definition) is 7. The van der Waals surface area contributed by atoms with Crippen LogP contribution in [-0.2, 0) is 11.3 Å². The molecule has 2 amide bonds. The zero-order valence-electron chi connectivity index (χ0n) is 18.5. The lowest BCUT2D eigenvalue weighted by Crippen LogP contribution is -2.32. The van der Waals surface area contributed by atoms with Gasteiger partial charge in [0.15, 0.2) is 10.9 Å². The van der Waals surface area contributed by atoms with Gasteiger partial charge in [-0.15, -0.1) is 0 Å². The Kier molecular flexibility index (Phi) is 5.33. The van der Waals surface area contributed by atoms with E-state index in [-0.39, 0.29) is 18.4 Å². The third-order valence-corrected chi connectivity index (χ3v) is 6.67. The smallest absolute Gasteiger partial charge is 0.267 e. The maximum absolute atomic E-state index is 12.9. The van der Waals surface area contributed by atoms with Gasteiger partial charge in [-0.2, -0.15) is 10.2 Å². The van der Waals surface area contributed by atoms with Gasteiger partial charge in [-0.1, -0.05) is 17.4 Å². The molecule has 11 heteroatoms. The predicted molar refractivity (Wildman–Crippen MR) is 127 cm³/mol. The van der Waals surface area contributed by atoms with Crippen LogP contribution in [0.15, 0.2) is 30.7 Å². The molecule has 0 radical (unpaired) electrons. The van der Waals surface area contributed by atoms with Crippen molar-refractivity contribution in [2.75, 3.05) is 17.7 Å². The number of hydrogen-bond donors (Lipinski definition) is 3. The van der Waals surface area contributed by atoms with E-state index in [0.717, 1.165) is 40.6 Å². The zero-order chi connectivity index (χ0) is 23.1. The highest BCUT2D eigenvalue weighted by atomic mass is 32.1. The largest absolute Gasteiger partial charge is 0.341 e. The van der Waals surface area contributed by atoms with Crippen LogP contribution in [0.5, 0.6) is 0 Å². The summed E-state index contributed by atoms with van der Waals surface area (Å²) in [4.78, 5) is 31.8. The summed E-state index contributed by atoms with van der Waals surface area (Å²) in [6.45, 7) is 4.05. The molecule has 1 aromatic carbocycles. The van der Waals surface area contributed by atoms with Crippen LogP contribution in [0, 0.1) is 13.8 Å². The quantitative estimate of drug-likeness (QED) is 0.385. The van der Waals surface area contributed by atoms with E-state index in [1.165, 1.54) is 17.5 Å². The number of benzene rings is 1. The molecule has 1 aliphatic rings. The molecule has 33 heavy (non-hydrogen) atoms. The van der Waals surface area contributed by atoms with Gasteiger partial charge < -0.3 is 15.5 Å². The van der Waals surface area contributed by atoms with E-state index < -0.39 is 0 Å². The van der Waals surface area contributed by atoms with Crippen LogP contribution in [0.1, 0.15) is 33.6 Å². The fourth-order valence-corrected chi connectivity index (χ4v) is 4.36. The Morgan fingerprint density at radius 3 is 2.85 bits per heavy atom. The minimum atomic E-state index is -0.242. The number of H-pyrrole nitrogens is 1. The van der Waals surface area contributed by atoms with Gasteiger partial charge in [0.2, 0.25) is 5.91 Å². The summed E-state index contributed by atoms with van der Waals surface area (Å²) in [6.07, 6.45) is 7.21. The minimum Gasteiger partial charge on any atom is -0.341 e. The Balaban J connectivity index is 1.27. The highest BCUT2D eigenvalue weighted by Gasteiger charge is 2.29. The van der Waals surface area contributed by atoms with Gasteiger partial charge in [0, 0.05) is 30.2 Å². The Bertz CT molecular complexity index is 1350. The predicted octanol–water partition coefficient (Wildman–Crippen LogP) is 3.45. The molecule has 1 saturated carbocycles. The van der Waals surface area contributed by atoms with Crippen molar-refractivity contribution in [3.05, 3.63) is 46.7 Å². The third kappa shape index (κ3) is 4.31. The average molecular weight is 465 g/mol. The number of carbonyl (C=O) groups is 2. The van der Waals surface area contributed by atoms with Crippen molar-refractivity contribution >= 4 is 50.7 Å². The van der Waals surface area contributed by atoms with Crippen LogP contribution >= 0.6 is 11.3 Å². The topological polar surface area (TPSA) is 121 Å². The van der Waals surface area contributed by atoms with Gasteiger partial charge in [0.1, 0.15) is 11.4 Å². The number of carbonyl (C=O) groups excluding carboxylic acids is 2. The molecule has 170 valence electrons. The van der Waals surface area contributed by atoms with Crippen molar-refractivity contribution in [1.82, 2.24) is 29.9 Å². The lowest BCUT2D eigenvalue weighted by atomic mass is 10.1. The van der Waals surface area contributed by atoms with Crippen molar-refractivity contribution in [3.63, 3.8) is 0 Å². The molecule has 3 N–H and O–H groups in total. The molecule has 5 rings (SSSR count). The maximum atomic E-state index is 12.9. The van der Waals surface area contributed by atoms with E-state index in [1.54, 1.807) is 15.8 Å². The molecule has 1 fully saturated rings. The minimum absolute atomic E-state index is 0.0442. The molecule has 3 aromatic heterocycles. The molecule has 0 unspecified atom stereocenters. The number of fused-ring (bicyclic) bond motifs is 1. The first-order valence-electron chi connectivity index (χ1n) is 10.7. The Morgan fingerprint density at radius 2 is 2.06 bits per heavy atom. The second-order valence-corrected chi connectivity index (χ2v) is 9.32. The molecule has 1 aliphatic carbocycles. The molecule has 0 saturated heterocycles. The number of nitrogens with one attached hydrogen (secondary N) is 3. The number of aromatic nitrogens is 5. The van der Waals surface area contributed by atoms with Crippen molar-refractivity contribution < 1.29 is 9.59 Å². The van der Waals surface area contributed by atoms with Gasteiger partial charge >= 0.3 is 0 Å². The number of aryl methyl sites for hydroxylation is 2. The second-order valence-electron chi connectivity index (χ2n) is 8.29. The maximum Gasteiger partial charge on any atom is 0.267 e. The number of thiazole rings is 1. The number of aromatic amines is 1. The number of rotatable bonds is 7. The Morgan fingerprint density at radius 1 is 1.24 bits per heavy atom. The molecule has 3 heterocycles. The van der Waals surface area contributed by atoms with Crippen molar-refractivity contribution in [3.8, 4) is 0 Å². The molecule has 4 aromatic rings. The Labute approximate surface area is 194 Å². The van der Waals surface area contributed by atoms with Crippen LogP contribution in [0.4, 0.5) is 16.6 Å². The Hall–Kier alpha value is -3.73. The molecule has 10 nitrogen and oxygen atoms in total. The molecule has 0 spiro atoms. The average Bonchev–Trinajstić information content (AvgIpc) is 3.17. The summed E-state index contributed by atoms with van der Waals surface area (Å²) in [6, 6.07) is 4.24. The van der Waals surface area contributed by atoms with E-state index in [2.05, 4.69) is 30.9 Å². The van der Waals surface area contributed by atoms with Crippen LogP contribution in [0.3, 0.4) is 0 Å².